The Morgan fingerprint density at radius 3 is 2.00 bits per heavy atom. The molecule has 0 saturated carbocycles. The quantitative estimate of drug-likeness (QED) is 0.234. The minimum Gasteiger partial charge on any atom is -0.465 e. The van der Waals surface area contributed by atoms with Crippen molar-refractivity contribution >= 4 is 5.97 Å². The highest BCUT2D eigenvalue weighted by Crippen LogP contribution is 2.09. The van der Waals surface area contributed by atoms with Crippen molar-refractivity contribution in [2.45, 2.75) is 84.0 Å². The summed E-state index contributed by atoms with van der Waals surface area (Å²) in [7, 11) is 0. The van der Waals surface area contributed by atoms with E-state index in [9.17, 15) is 4.79 Å². The Labute approximate surface area is 148 Å². The monoisotopic (exact) mass is 342 g/mol. The van der Waals surface area contributed by atoms with Crippen LogP contribution < -0.4 is 0 Å². The van der Waals surface area contributed by atoms with E-state index in [0.717, 1.165) is 38.5 Å². The molecule has 0 heterocycles. The van der Waals surface area contributed by atoms with Gasteiger partial charge >= 0.3 is 5.97 Å². The van der Waals surface area contributed by atoms with Gasteiger partial charge in [0.05, 0.1) is 6.61 Å². The third-order valence-electron chi connectivity index (χ3n) is 4.04. The van der Waals surface area contributed by atoms with E-state index in [1.165, 1.54) is 32.1 Å². The zero-order valence-electron chi connectivity index (χ0n) is 15.5. The van der Waals surface area contributed by atoms with Crippen LogP contribution in [0.2, 0.25) is 0 Å². The Kier molecular flexibility index (Phi) is 17.8. The van der Waals surface area contributed by atoms with E-state index in [-0.39, 0.29) is 18.5 Å². The van der Waals surface area contributed by atoms with Crippen LogP contribution in [-0.2, 0) is 9.53 Å². The molecule has 0 aliphatic heterocycles. The number of allylic oxidation sites excluding steroid dienone is 2. The highest BCUT2D eigenvalue weighted by molar-refractivity contribution is 5.69. The number of carbonyl (C=O) groups excluding carboxylic acids is 1. The van der Waals surface area contributed by atoms with Crippen molar-refractivity contribution in [1.82, 2.24) is 0 Å². The van der Waals surface area contributed by atoms with Crippen LogP contribution >= 0.6 is 0 Å². The number of ether oxygens (including phenoxy) is 1. The molecule has 0 aromatic heterocycles. The first kappa shape index (κ1) is 23.1. The highest BCUT2D eigenvalue weighted by atomic mass is 16.5. The summed E-state index contributed by atoms with van der Waals surface area (Å²) in [6.07, 6.45) is 17.5. The zero-order valence-corrected chi connectivity index (χ0v) is 15.5. The van der Waals surface area contributed by atoms with Gasteiger partial charge in [0, 0.05) is 25.6 Å². The summed E-state index contributed by atoms with van der Waals surface area (Å²) < 4.78 is 5.09. The largest absolute Gasteiger partial charge is 0.465 e. The van der Waals surface area contributed by atoms with Crippen LogP contribution in [0.5, 0.6) is 0 Å². The molecule has 4 heteroatoms. The van der Waals surface area contributed by atoms with E-state index in [2.05, 4.69) is 12.2 Å². The van der Waals surface area contributed by atoms with Gasteiger partial charge in [-0.25, -0.2) is 0 Å². The standard InChI is InChI=1S/C20H38O4/c1-19(17-22)18-24-20(23)15-13-11-9-7-5-3-2-4-6-8-10-12-14-16-21/h2,4,19,21-22H,3,5-18H2,1H3/b4-2-. The number of aliphatic hydroxyl groups excluding tert-OH is 2. The second-order valence-corrected chi connectivity index (χ2v) is 6.68. The maximum absolute atomic E-state index is 11.5. The number of esters is 1. The predicted molar refractivity (Wildman–Crippen MR) is 98.8 cm³/mol. The second-order valence-electron chi connectivity index (χ2n) is 6.68. The lowest BCUT2D eigenvalue weighted by Gasteiger charge is -2.08. The van der Waals surface area contributed by atoms with E-state index in [1.54, 1.807) is 0 Å². The van der Waals surface area contributed by atoms with E-state index < -0.39 is 0 Å². The molecule has 1 unspecified atom stereocenters. The fourth-order valence-electron chi connectivity index (χ4n) is 2.39. The zero-order chi connectivity index (χ0) is 17.9. The molecule has 0 rings (SSSR count). The smallest absolute Gasteiger partial charge is 0.305 e. The first-order valence-corrected chi connectivity index (χ1v) is 9.73. The molecule has 0 bridgehead atoms. The van der Waals surface area contributed by atoms with Crippen LogP contribution in [0.4, 0.5) is 0 Å². The van der Waals surface area contributed by atoms with Gasteiger partial charge in [0.2, 0.25) is 0 Å². The van der Waals surface area contributed by atoms with Gasteiger partial charge in [-0.05, 0) is 38.5 Å². The summed E-state index contributed by atoms with van der Waals surface area (Å²) >= 11 is 0. The molecule has 142 valence electrons. The molecular weight excluding hydrogens is 304 g/mol. The number of unbranched alkanes of at least 4 members (excludes halogenated alkanes) is 9. The van der Waals surface area contributed by atoms with E-state index in [1.807, 2.05) is 6.92 Å². The van der Waals surface area contributed by atoms with Crippen LogP contribution in [0.15, 0.2) is 12.2 Å². The van der Waals surface area contributed by atoms with Crippen molar-refractivity contribution in [2.24, 2.45) is 5.92 Å². The minimum absolute atomic E-state index is 0.0301. The van der Waals surface area contributed by atoms with Gasteiger partial charge in [0.15, 0.2) is 0 Å². The summed E-state index contributed by atoms with van der Waals surface area (Å²) in [5.41, 5.74) is 0. The molecule has 0 radical (unpaired) electrons. The first-order valence-electron chi connectivity index (χ1n) is 9.73. The normalized spacial score (nSPS) is 12.6. The molecule has 1 atom stereocenters. The van der Waals surface area contributed by atoms with E-state index in [0.29, 0.717) is 19.6 Å². The van der Waals surface area contributed by atoms with Crippen LogP contribution in [-0.4, -0.2) is 36.0 Å². The second kappa shape index (κ2) is 18.5. The number of carbonyl (C=O) groups is 1. The lowest BCUT2D eigenvalue weighted by molar-refractivity contribution is -0.145. The third kappa shape index (κ3) is 17.5. The maximum atomic E-state index is 11.5. The number of hydrogen-bond acceptors (Lipinski definition) is 4. The summed E-state index contributed by atoms with van der Waals surface area (Å²) in [4.78, 5) is 11.5. The molecule has 0 aromatic carbocycles. The lowest BCUT2D eigenvalue weighted by Crippen LogP contribution is -2.14. The Balaban J connectivity index is 3.23. The Hall–Kier alpha value is -0.870. The van der Waals surface area contributed by atoms with Crippen LogP contribution in [0.1, 0.15) is 84.0 Å². The molecule has 2 N–H and O–H groups in total. The van der Waals surface area contributed by atoms with Crippen LogP contribution in [0.25, 0.3) is 0 Å². The van der Waals surface area contributed by atoms with Crippen LogP contribution in [0.3, 0.4) is 0 Å². The van der Waals surface area contributed by atoms with Crippen molar-refractivity contribution < 1.29 is 19.7 Å². The van der Waals surface area contributed by atoms with E-state index in [4.69, 9.17) is 14.9 Å². The van der Waals surface area contributed by atoms with Crippen molar-refractivity contribution in [2.75, 3.05) is 19.8 Å². The van der Waals surface area contributed by atoms with Crippen molar-refractivity contribution in [3.63, 3.8) is 0 Å². The summed E-state index contributed by atoms with van der Waals surface area (Å²) in [6, 6.07) is 0. The van der Waals surface area contributed by atoms with E-state index >= 15 is 0 Å². The molecule has 4 nitrogen and oxygen atoms in total. The Morgan fingerprint density at radius 2 is 1.42 bits per heavy atom. The number of aliphatic hydroxyl groups is 2. The average Bonchev–Trinajstić information content (AvgIpc) is 2.59. The Bertz CT molecular complexity index is 302. The fraction of sp³-hybridized carbons (Fsp3) is 0.850. The topological polar surface area (TPSA) is 66.8 Å². The van der Waals surface area contributed by atoms with Gasteiger partial charge in [-0.1, -0.05) is 51.2 Å². The Morgan fingerprint density at radius 1 is 0.875 bits per heavy atom. The van der Waals surface area contributed by atoms with Gasteiger partial charge in [-0.3, -0.25) is 4.79 Å². The molecule has 24 heavy (non-hydrogen) atoms. The lowest BCUT2D eigenvalue weighted by atomic mass is 10.1. The van der Waals surface area contributed by atoms with Gasteiger partial charge in [0.1, 0.15) is 0 Å². The van der Waals surface area contributed by atoms with Crippen molar-refractivity contribution in [3.8, 4) is 0 Å². The highest BCUT2D eigenvalue weighted by Gasteiger charge is 2.06. The minimum atomic E-state index is -0.141. The molecule has 0 saturated heterocycles. The summed E-state index contributed by atoms with van der Waals surface area (Å²) in [5.74, 6) is -0.111. The summed E-state index contributed by atoms with van der Waals surface area (Å²) in [6.45, 7) is 2.56. The molecule has 0 aliphatic carbocycles. The SMILES string of the molecule is CC(CO)COC(=O)CCCCCCC/C=C\CCCCCCO. The molecule has 0 amide bonds. The van der Waals surface area contributed by atoms with Gasteiger partial charge in [0.25, 0.3) is 0 Å². The van der Waals surface area contributed by atoms with Crippen molar-refractivity contribution in [1.29, 1.82) is 0 Å². The van der Waals surface area contributed by atoms with Gasteiger partial charge in [-0.2, -0.15) is 0 Å². The fourth-order valence-corrected chi connectivity index (χ4v) is 2.39. The first-order chi connectivity index (χ1) is 11.7. The average molecular weight is 343 g/mol. The van der Waals surface area contributed by atoms with Gasteiger partial charge in [-0.15, -0.1) is 0 Å². The number of hydrogen-bond donors (Lipinski definition) is 2. The van der Waals surface area contributed by atoms with Gasteiger partial charge < -0.3 is 14.9 Å². The summed E-state index contributed by atoms with van der Waals surface area (Å²) in [5, 5.41) is 17.5. The molecule has 0 spiro atoms. The molecule has 0 aromatic rings. The van der Waals surface area contributed by atoms with Crippen LogP contribution in [0, 0.1) is 5.92 Å². The number of rotatable bonds is 17. The molecular formula is C20H38O4. The third-order valence-corrected chi connectivity index (χ3v) is 4.04. The molecule has 0 aliphatic rings. The molecule has 0 fully saturated rings. The maximum Gasteiger partial charge on any atom is 0.305 e. The predicted octanol–water partition coefficient (Wildman–Crippen LogP) is 4.39. The van der Waals surface area contributed by atoms with Crippen molar-refractivity contribution in [3.05, 3.63) is 12.2 Å².